The number of rotatable bonds is 10. The summed E-state index contributed by atoms with van der Waals surface area (Å²) < 4.78 is 10.3. The maximum absolute atomic E-state index is 5.39. The number of methoxy groups -OCH3 is 1. The lowest BCUT2D eigenvalue weighted by Crippen LogP contribution is -2.38. The number of hydrogen-bond donors (Lipinski definition) is 2. The molecule has 0 amide bonds. The molecule has 1 rings (SSSR count). The van der Waals surface area contributed by atoms with Gasteiger partial charge in [0.05, 0.1) is 13.2 Å². The molecule has 114 valence electrons. The number of aliphatic imine (C=N–C) groups is 1. The van der Waals surface area contributed by atoms with Gasteiger partial charge in [0.25, 0.3) is 0 Å². The summed E-state index contributed by atoms with van der Waals surface area (Å²) in [6.07, 6.45) is 5.06. The van der Waals surface area contributed by atoms with E-state index in [0.29, 0.717) is 13.2 Å². The number of nitrogens with one attached hydrogen (secondary N) is 2. The molecule has 1 aliphatic carbocycles. The molecule has 0 saturated heterocycles. The van der Waals surface area contributed by atoms with Gasteiger partial charge >= 0.3 is 0 Å². The third-order valence-electron chi connectivity index (χ3n) is 2.96. The molecule has 0 aromatic rings. The summed E-state index contributed by atoms with van der Waals surface area (Å²) in [6, 6.07) is 0. The van der Waals surface area contributed by atoms with Crippen molar-refractivity contribution in [3.8, 4) is 0 Å². The number of halogens is 1. The molecule has 0 aromatic carbocycles. The molecule has 1 fully saturated rings. The van der Waals surface area contributed by atoms with E-state index in [0.717, 1.165) is 38.0 Å². The summed E-state index contributed by atoms with van der Waals surface area (Å²) in [5.41, 5.74) is 0. The maximum Gasteiger partial charge on any atom is 0.190 e. The zero-order chi connectivity index (χ0) is 13.1. The van der Waals surface area contributed by atoms with E-state index in [-0.39, 0.29) is 24.0 Å². The number of nitrogens with zero attached hydrogens (tertiary/aromatic N) is 1. The van der Waals surface area contributed by atoms with Crippen LogP contribution >= 0.6 is 24.0 Å². The van der Waals surface area contributed by atoms with Gasteiger partial charge in [-0.15, -0.1) is 24.0 Å². The molecule has 1 aliphatic rings. The maximum atomic E-state index is 5.39. The van der Waals surface area contributed by atoms with Gasteiger partial charge in [0.15, 0.2) is 5.96 Å². The summed E-state index contributed by atoms with van der Waals surface area (Å²) in [6.45, 7) is 4.00. The topological polar surface area (TPSA) is 54.9 Å². The van der Waals surface area contributed by atoms with Gasteiger partial charge in [-0.05, 0) is 18.8 Å². The standard InChI is InChI=1S/C13H27N3O2.HI/c1-14-13(16-8-6-12-4-5-12)15-7-3-9-18-11-10-17-2;/h12H,3-11H2,1-2H3,(H2,14,15,16);1H. The van der Waals surface area contributed by atoms with Crippen LogP contribution in [0.3, 0.4) is 0 Å². The molecule has 0 atom stereocenters. The van der Waals surface area contributed by atoms with Crippen LogP contribution in [-0.4, -0.2) is 53.0 Å². The van der Waals surface area contributed by atoms with Crippen LogP contribution in [-0.2, 0) is 9.47 Å². The molecule has 0 aromatic heterocycles. The third kappa shape index (κ3) is 11.4. The zero-order valence-corrected chi connectivity index (χ0v) is 14.4. The highest BCUT2D eigenvalue weighted by atomic mass is 127. The molecular formula is C13H28IN3O2. The lowest BCUT2D eigenvalue weighted by Gasteiger charge is -2.11. The van der Waals surface area contributed by atoms with Crippen LogP contribution in [0.25, 0.3) is 0 Å². The van der Waals surface area contributed by atoms with Crippen molar-refractivity contribution in [2.24, 2.45) is 10.9 Å². The molecule has 0 unspecified atom stereocenters. The highest BCUT2D eigenvalue weighted by Gasteiger charge is 2.20. The lowest BCUT2D eigenvalue weighted by atomic mass is 10.3. The number of guanidine groups is 1. The van der Waals surface area contributed by atoms with Gasteiger partial charge in [0.1, 0.15) is 0 Å². The third-order valence-corrected chi connectivity index (χ3v) is 2.96. The average molecular weight is 385 g/mol. The summed E-state index contributed by atoms with van der Waals surface area (Å²) in [5.74, 6) is 1.86. The molecule has 0 heterocycles. The first-order valence-electron chi connectivity index (χ1n) is 6.88. The van der Waals surface area contributed by atoms with Crippen molar-refractivity contribution in [2.75, 3.05) is 47.1 Å². The fourth-order valence-corrected chi connectivity index (χ4v) is 1.65. The minimum atomic E-state index is 0. The summed E-state index contributed by atoms with van der Waals surface area (Å²) in [5, 5.41) is 6.61. The van der Waals surface area contributed by atoms with E-state index in [9.17, 15) is 0 Å². The van der Waals surface area contributed by atoms with E-state index in [1.807, 2.05) is 7.05 Å². The Morgan fingerprint density at radius 3 is 2.53 bits per heavy atom. The van der Waals surface area contributed by atoms with Crippen molar-refractivity contribution >= 4 is 29.9 Å². The molecule has 0 bridgehead atoms. The first-order valence-corrected chi connectivity index (χ1v) is 6.88. The predicted molar refractivity (Wildman–Crippen MR) is 89.4 cm³/mol. The van der Waals surface area contributed by atoms with Crippen LogP contribution < -0.4 is 10.6 Å². The normalized spacial score (nSPS) is 14.9. The molecule has 5 nitrogen and oxygen atoms in total. The van der Waals surface area contributed by atoms with Crippen LogP contribution in [0.4, 0.5) is 0 Å². The fourth-order valence-electron chi connectivity index (χ4n) is 1.65. The smallest absolute Gasteiger partial charge is 0.190 e. The van der Waals surface area contributed by atoms with Gasteiger partial charge in [-0.3, -0.25) is 4.99 Å². The van der Waals surface area contributed by atoms with E-state index < -0.39 is 0 Å². The summed E-state index contributed by atoms with van der Waals surface area (Å²) >= 11 is 0. The zero-order valence-electron chi connectivity index (χ0n) is 12.1. The Morgan fingerprint density at radius 1 is 1.16 bits per heavy atom. The number of ether oxygens (including phenoxy) is 2. The Balaban J connectivity index is 0.00000324. The van der Waals surface area contributed by atoms with Gasteiger partial charge in [0.2, 0.25) is 0 Å². The Morgan fingerprint density at radius 2 is 1.89 bits per heavy atom. The molecule has 0 spiro atoms. The Kier molecular flexibility index (Phi) is 12.9. The minimum absolute atomic E-state index is 0. The lowest BCUT2D eigenvalue weighted by molar-refractivity contribution is 0.0698. The Labute approximate surface area is 133 Å². The quantitative estimate of drug-likeness (QED) is 0.260. The highest BCUT2D eigenvalue weighted by molar-refractivity contribution is 14.0. The second-order valence-electron chi connectivity index (χ2n) is 4.62. The SMILES string of the molecule is CN=C(NCCCOCCOC)NCCC1CC1.I. The minimum Gasteiger partial charge on any atom is -0.382 e. The van der Waals surface area contributed by atoms with Crippen LogP contribution in [0, 0.1) is 5.92 Å². The molecule has 0 aliphatic heterocycles. The van der Waals surface area contributed by atoms with Gasteiger partial charge < -0.3 is 20.1 Å². The Bertz CT molecular complexity index is 236. The van der Waals surface area contributed by atoms with Crippen LogP contribution in [0.5, 0.6) is 0 Å². The van der Waals surface area contributed by atoms with Gasteiger partial charge in [0, 0.05) is 33.9 Å². The van der Waals surface area contributed by atoms with Crippen molar-refractivity contribution in [1.82, 2.24) is 10.6 Å². The fraction of sp³-hybridized carbons (Fsp3) is 0.923. The van der Waals surface area contributed by atoms with E-state index in [1.165, 1.54) is 19.3 Å². The van der Waals surface area contributed by atoms with Crippen molar-refractivity contribution in [3.05, 3.63) is 0 Å². The average Bonchev–Trinajstić information content (AvgIpc) is 3.19. The van der Waals surface area contributed by atoms with Gasteiger partial charge in [-0.25, -0.2) is 0 Å². The first kappa shape index (κ1) is 18.9. The largest absolute Gasteiger partial charge is 0.382 e. The number of hydrogen-bond acceptors (Lipinski definition) is 3. The van der Waals surface area contributed by atoms with E-state index in [2.05, 4.69) is 15.6 Å². The van der Waals surface area contributed by atoms with E-state index >= 15 is 0 Å². The van der Waals surface area contributed by atoms with Crippen LogP contribution in [0.15, 0.2) is 4.99 Å². The van der Waals surface area contributed by atoms with E-state index in [4.69, 9.17) is 9.47 Å². The van der Waals surface area contributed by atoms with Crippen LogP contribution in [0.1, 0.15) is 25.7 Å². The molecule has 0 radical (unpaired) electrons. The van der Waals surface area contributed by atoms with Gasteiger partial charge in [-0.2, -0.15) is 0 Å². The van der Waals surface area contributed by atoms with E-state index in [1.54, 1.807) is 7.11 Å². The summed E-state index contributed by atoms with van der Waals surface area (Å²) in [7, 11) is 3.49. The second kappa shape index (κ2) is 12.9. The molecule has 6 heteroatoms. The second-order valence-corrected chi connectivity index (χ2v) is 4.62. The summed E-state index contributed by atoms with van der Waals surface area (Å²) in [4.78, 5) is 4.19. The van der Waals surface area contributed by atoms with Crippen molar-refractivity contribution in [2.45, 2.75) is 25.7 Å². The molecule has 1 saturated carbocycles. The first-order chi connectivity index (χ1) is 8.86. The molecule has 19 heavy (non-hydrogen) atoms. The Hall–Kier alpha value is -0.0800. The van der Waals surface area contributed by atoms with Crippen molar-refractivity contribution < 1.29 is 9.47 Å². The van der Waals surface area contributed by atoms with Crippen molar-refractivity contribution in [1.29, 1.82) is 0 Å². The monoisotopic (exact) mass is 385 g/mol. The highest BCUT2D eigenvalue weighted by Crippen LogP contribution is 2.31. The van der Waals surface area contributed by atoms with Crippen molar-refractivity contribution in [3.63, 3.8) is 0 Å². The predicted octanol–water partition coefficient (Wildman–Crippen LogP) is 1.62. The molecular weight excluding hydrogens is 357 g/mol. The molecule has 2 N–H and O–H groups in total. The van der Waals surface area contributed by atoms with Crippen LogP contribution in [0.2, 0.25) is 0 Å². The van der Waals surface area contributed by atoms with Gasteiger partial charge in [-0.1, -0.05) is 12.8 Å².